The molecule has 0 atom stereocenters. The molecular formula is C21H16ClFN4O2S. The number of amides is 1. The van der Waals surface area contributed by atoms with Gasteiger partial charge < -0.3 is 10.1 Å². The van der Waals surface area contributed by atoms with Crippen molar-refractivity contribution in [3.8, 4) is 33.4 Å². The van der Waals surface area contributed by atoms with Crippen LogP contribution in [0, 0.1) is 5.82 Å². The van der Waals surface area contributed by atoms with Crippen LogP contribution in [-0.4, -0.2) is 33.7 Å². The second-order valence-corrected chi connectivity index (χ2v) is 7.36. The smallest absolute Gasteiger partial charge is 0.240 e. The minimum atomic E-state index is -0.352. The lowest BCUT2D eigenvalue weighted by Crippen LogP contribution is -2.15. The molecule has 4 rings (SSSR count). The molecule has 2 aromatic carbocycles. The van der Waals surface area contributed by atoms with Crippen molar-refractivity contribution in [1.29, 1.82) is 0 Å². The number of ether oxygens (including phenoxy) is 1. The van der Waals surface area contributed by atoms with E-state index < -0.39 is 0 Å². The molecule has 0 aliphatic carbocycles. The molecule has 4 aromatic rings. The molecule has 0 saturated heterocycles. The van der Waals surface area contributed by atoms with Gasteiger partial charge in [-0.15, -0.1) is 22.9 Å². The number of nitrogens with one attached hydrogen (secondary N) is 1. The highest BCUT2D eigenvalue weighted by Gasteiger charge is 2.16. The summed E-state index contributed by atoms with van der Waals surface area (Å²) in [6.45, 7) is 0. The van der Waals surface area contributed by atoms with Crippen LogP contribution in [-0.2, 0) is 4.79 Å². The van der Waals surface area contributed by atoms with Crippen molar-refractivity contribution >= 4 is 34.7 Å². The van der Waals surface area contributed by atoms with Gasteiger partial charge in [0.25, 0.3) is 0 Å². The van der Waals surface area contributed by atoms with Gasteiger partial charge in [0.1, 0.15) is 23.3 Å². The maximum Gasteiger partial charge on any atom is 0.240 e. The molecule has 30 heavy (non-hydrogen) atoms. The Hall–Kier alpha value is -3.23. The number of thiazole rings is 1. The third kappa shape index (κ3) is 4.19. The highest BCUT2D eigenvalue weighted by Crippen LogP contribution is 2.30. The number of hydrogen-bond donors (Lipinski definition) is 1. The predicted molar refractivity (Wildman–Crippen MR) is 116 cm³/mol. The number of methoxy groups -OCH3 is 1. The summed E-state index contributed by atoms with van der Waals surface area (Å²) in [7, 11) is 1.60. The molecule has 2 heterocycles. The molecular weight excluding hydrogens is 427 g/mol. The first kappa shape index (κ1) is 20.1. The first-order chi connectivity index (χ1) is 14.6. The first-order valence-electron chi connectivity index (χ1n) is 8.89. The zero-order valence-corrected chi connectivity index (χ0v) is 17.4. The van der Waals surface area contributed by atoms with Crippen LogP contribution >= 0.6 is 22.9 Å². The van der Waals surface area contributed by atoms with Crippen LogP contribution in [0.4, 0.5) is 10.2 Å². The van der Waals surface area contributed by atoms with Crippen molar-refractivity contribution in [2.24, 2.45) is 0 Å². The molecule has 9 heteroatoms. The molecule has 0 aliphatic rings. The van der Waals surface area contributed by atoms with E-state index in [1.54, 1.807) is 30.0 Å². The molecule has 0 radical (unpaired) electrons. The van der Waals surface area contributed by atoms with E-state index in [0.29, 0.717) is 22.3 Å². The molecule has 2 aromatic heterocycles. The van der Waals surface area contributed by atoms with Crippen LogP contribution in [0.5, 0.6) is 5.75 Å². The maximum absolute atomic E-state index is 13.2. The minimum Gasteiger partial charge on any atom is -0.497 e. The number of carbonyl (C=O) groups is 1. The average molecular weight is 443 g/mol. The largest absolute Gasteiger partial charge is 0.497 e. The van der Waals surface area contributed by atoms with Gasteiger partial charge in [-0.25, -0.2) is 9.37 Å². The third-order valence-electron chi connectivity index (χ3n) is 4.30. The number of nitrogens with zero attached hydrogens (tertiary/aromatic N) is 3. The SMILES string of the molecule is COc1ccc(-c2cc(NC(=O)CCl)n(-c3nc(-c4ccc(F)cc4)cs3)n2)cc1. The Kier molecular flexibility index (Phi) is 5.78. The monoisotopic (exact) mass is 442 g/mol. The van der Waals surface area contributed by atoms with Crippen molar-refractivity contribution in [2.45, 2.75) is 0 Å². The fraction of sp³-hybridized carbons (Fsp3) is 0.0952. The second-order valence-electron chi connectivity index (χ2n) is 6.26. The highest BCUT2D eigenvalue weighted by atomic mass is 35.5. The normalized spacial score (nSPS) is 10.8. The van der Waals surface area contributed by atoms with Gasteiger partial charge in [0.05, 0.1) is 18.5 Å². The number of alkyl halides is 1. The predicted octanol–water partition coefficient (Wildman–Crippen LogP) is 4.99. The van der Waals surface area contributed by atoms with Crippen LogP contribution in [0.2, 0.25) is 0 Å². The number of benzene rings is 2. The van der Waals surface area contributed by atoms with Crippen LogP contribution < -0.4 is 10.1 Å². The van der Waals surface area contributed by atoms with Gasteiger partial charge in [-0.1, -0.05) is 0 Å². The van der Waals surface area contributed by atoms with Gasteiger partial charge in [0.2, 0.25) is 11.0 Å². The summed E-state index contributed by atoms with van der Waals surface area (Å²) in [5.41, 5.74) is 2.98. The van der Waals surface area contributed by atoms with Gasteiger partial charge in [0, 0.05) is 22.6 Å². The van der Waals surface area contributed by atoms with Crippen LogP contribution in [0.1, 0.15) is 0 Å². The first-order valence-corrected chi connectivity index (χ1v) is 10.3. The molecule has 1 N–H and O–H groups in total. The van der Waals surface area contributed by atoms with Gasteiger partial charge >= 0.3 is 0 Å². The summed E-state index contributed by atoms with van der Waals surface area (Å²) < 4.78 is 20.0. The fourth-order valence-electron chi connectivity index (χ4n) is 2.81. The zero-order valence-electron chi connectivity index (χ0n) is 15.8. The molecule has 152 valence electrons. The van der Waals surface area contributed by atoms with E-state index in [4.69, 9.17) is 16.3 Å². The molecule has 1 amide bonds. The number of halogens is 2. The van der Waals surface area contributed by atoms with Crippen molar-refractivity contribution in [3.05, 3.63) is 65.8 Å². The summed E-state index contributed by atoms with van der Waals surface area (Å²) in [5, 5.41) is 9.78. The zero-order chi connectivity index (χ0) is 21.1. The van der Waals surface area contributed by atoms with Gasteiger partial charge in [-0.2, -0.15) is 9.78 Å². The lowest BCUT2D eigenvalue weighted by atomic mass is 10.1. The highest BCUT2D eigenvalue weighted by molar-refractivity contribution is 7.12. The minimum absolute atomic E-state index is 0.179. The Bertz CT molecular complexity index is 1170. The number of rotatable bonds is 6. The van der Waals surface area contributed by atoms with Crippen LogP contribution in [0.15, 0.2) is 60.0 Å². The third-order valence-corrected chi connectivity index (χ3v) is 5.36. The molecule has 0 saturated carbocycles. The summed E-state index contributed by atoms with van der Waals surface area (Å²) in [5.74, 6) is 0.344. The fourth-order valence-corrected chi connectivity index (χ4v) is 3.67. The molecule has 0 fully saturated rings. The topological polar surface area (TPSA) is 69.0 Å². The molecule has 0 aliphatic heterocycles. The molecule has 0 spiro atoms. The summed E-state index contributed by atoms with van der Waals surface area (Å²) in [6, 6.07) is 15.3. The van der Waals surface area contributed by atoms with Crippen molar-refractivity contribution in [1.82, 2.24) is 14.8 Å². The van der Waals surface area contributed by atoms with Crippen molar-refractivity contribution < 1.29 is 13.9 Å². The number of hydrogen-bond acceptors (Lipinski definition) is 5. The number of aromatic nitrogens is 3. The summed E-state index contributed by atoms with van der Waals surface area (Å²) >= 11 is 7.01. The lowest BCUT2D eigenvalue weighted by molar-refractivity contribution is -0.114. The Labute approximate surface area is 180 Å². The Morgan fingerprint density at radius 3 is 2.47 bits per heavy atom. The molecule has 0 bridgehead atoms. The quantitative estimate of drug-likeness (QED) is 0.427. The molecule has 0 unspecified atom stereocenters. The van der Waals surface area contributed by atoms with E-state index >= 15 is 0 Å². The van der Waals surface area contributed by atoms with E-state index in [9.17, 15) is 9.18 Å². The standard InChI is InChI=1S/C21H16ClFN4O2S/c1-29-16-8-4-13(5-9-16)17-10-19(25-20(28)11-22)27(26-17)21-24-18(12-30-21)14-2-6-15(23)7-3-14/h2-10,12H,11H2,1H3,(H,25,28). The van der Waals surface area contributed by atoms with E-state index in [1.807, 2.05) is 29.6 Å². The van der Waals surface area contributed by atoms with Gasteiger partial charge in [-0.3, -0.25) is 4.79 Å². The summed E-state index contributed by atoms with van der Waals surface area (Å²) in [6.07, 6.45) is 0. The van der Waals surface area contributed by atoms with E-state index in [0.717, 1.165) is 16.9 Å². The van der Waals surface area contributed by atoms with Crippen molar-refractivity contribution in [2.75, 3.05) is 18.3 Å². The van der Waals surface area contributed by atoms with E-state index in [-0.39, 0.29) is 17.6 Å². The second kappa shape index (κ2) is 8.64. The number of carbonyl (C=O) groups excluding carboxylic acids is 1. The lowest BCUT2D eigenvalue weighted by Gasteiger charge is -2.04. The Morgan fingerprint density at radius 1 is 1.13 bits per heavy atom. The van der Waals surface area contributed by atoms with Gasteiger partial charge in [-0.05, 0) is 48.5 Å². The number of anilines is 1. The molecule has 6 nitrogen and oxygen atoms in total. The Balaban J connectivity index is 1.73. The van der Waals surface area contributed by atoms with Crippen molar-refractivity contribution in [3.63, 3.8) is 0 Å². The van der Waals surface area contributed by atoms with Crippen LogP contribution in [0.25, 0.3) is 27.6 Å². The maximum atomic E-state index is 13.2. The van der Waals surface area contributed by atoms with Crippen LogP contribution in [0.3, 0.4) is 0 Å². The Morgan fingerprint density at radius 2 is 1.80 bits per heavy atom. The average Bonchev–Trinajstić information content (AvgIpc) is 3.41. The van der Waals surface area contributed by atoms with E-state index in [1.165, 1.54) is 23.5 Å². The van der Waals surface area contributed by atoms with E-state index in [2.05, 4.69) is 15.4 Å². The summed E-state index contributed by atoms with van der Waals surface area (Å²) in [4.78, 5) is 16.5. The van der Waals surface area contributed by atoms with Gasteiger partial charge in [0.15, 0.2) is 0 Å².